The van der Waals surface area contributed by atoms with E-state index < -0.39 is 30.4 Å². The largest absolute Gasteiger partial charge is 0.481 e. The molecule has 0 saturated carbocycles. The molecular formula is C15H30NO8PS. The number of ether oxygens (including phenoxy) is 2. The zero-order valence-electron chi connectivity index (χ0n) is 14.9. The molecular weight excluding hydrogens is 385 g/mol. The van der Waals surface area contributed by atoms with Crippen LogP contribution in [0.2, 0.25) is 0 Å². The SMILES string of the molecule is COC1C(CO)OPC(NCC(O)COCCCSCCC(=O)O)C1O. The summed E-state index contributed by atoms with van der Waals surface area (Å²) in [4.78, 5) is 10.4. The first-order valence-electron chi connectivity index (χ1n) is 8.51. The van der Waals surface area contributed by atoms with E-state index in [1.54, 1.807) is 11.8 Å². The number of hydrogen-bond acceptors (Lipinski definition) is 9. The van der Waals surface area contributed by atoms with E-state index in [2.05, 4.69) is 5.32 Å². The van der Waals surface area contributed by atoms with Crippen molar-refractivity contribution in [1.82, 2.24) is 5.32 Å². The number of carboxylic acids is 1. The van der Waals surface area contributed by atoms with E-state index in [9.17, 15) is 20.1 Å². The molecule has 0 aromatic heterocycles. The van der Waals surface area contributed by atoms with Gasteiger partial charge in [0.05, 0.1) is 31.5 Å². The summed E-state index contributed by atoms with van der Waals surface area (Å²) in [5.74, 6) is 0.248. The summed E-state index contributed by atoms with van der Waals surface area (Å²) in [7, 11) is 1.40. The van der Waals surface area contributed by atoms with Crippen molar-refractivity contribution in [1.29, 1.82) is 0 Å². The summed E-state index contributed by atoms with van der Waals surface area (Å²) in [5, 5.41) is 41.0. The van der Waals surface area contributed by atoms with E-state index in [0.29, 0.717) is 12.4 Å². The van der Waals surface area contributed by atoms with Gasteiger partial charge in [-0.25, -0.2) is 0 Å². The molecule has 0 spiro atoms. The van der Waals surface area contributed by atoms with Gasteiger partial charge in [-0.05, 0) is 12.2 Å². The highest BCUT2D eigenvalue weighted by Crippen LogP contribution is 2.33. The molecule has 1 aliphatic heterocycles. The fourth-order valence-electron chi connectivity index (χ4n) is 2.37. The van der Waals surface area contributed by atoms with Gasteiger partial charge in [-0.2, -0.15) is 11.8 Å². The lowest BCUT2D eigenvalue weighted by Crippen LogP contribution is -2.55. The zero-order valence-corrected chi connectivity index (χ0v) is 16.7. The average Bonchev–Trinajstić information content (AvgIpc) is 2.62. The van der Waals surface area contributed by atoms with Gasteiger partial charge in [-0.3, -0.25) is 4.79 Å². The van der Waals surface area contributed by atoms with Crippen LogP contribution in [0.1, 0.15) is 12.8 Å². The number of aliphatic hydroxyl groups excluding tert-OH is 3. The van der Waals surface area contributed by atoms with Crippen LogP contribution in [0.5, 0.6) is 0 Å². The van der Waals surface area contributed by atoms with Crippen molar-refractivity contribution in [2.75, 3.05) is 45.0 Å². The molecule has 6 atom stereocenters. The average molecular weight is 415 g/mol. The van der Waals surface area contributed by atoms with E-state index in [-0.39, 0.29) is 40.8 Å². The molecule has 0 aromatic carbocycles. The summed E-state index contributed by atoms with van der Waals surface area (Å²) in [6, 6.07) is 0. The number of aliphatic carboxylic acids is 1. The minimum Gasteiger partial charge on any atom is -0.481 e. The second-order valence-electron chi connectivity index (χ2n) is 5.87. The second kappa shape index (κ2) is 14.0. The van der Waals surface area contributed by atoms with Crippen LogP contribution in [0, 0.1) is 0 Å². The first-order valence-corrected chi connectivity index (χ1v) is 10.6. The summed E-state index contributed by atoms with van der Waals surface area (Å²) in [6.45, 7) is 0.691. The molecule has 1 rings (SSSR count). The molecule has 1 aliphatic rings. The van der Waals surface area contributed by atoms with Crippen molar-refractivity contribution in [3.8, 4) is 0 Å². The lowest BCUT2D eigenvalue weighted by Gasteiger charge is -2.39. The molecule has 1 fully saturated rings. The van der Waals surface area contributed by atoms with E-state index in [0.717, 1.165) is 12.2 Å². The number of methoxy groups -OCH3 is 1. The normalized spacial score (nSPS) is 28.3. The second-order valence-corrected chi connectivity index (χ2v) is 8.19. The number of thioether (sulfide) groups is 1. The number of carbonyl (C=O) groups is 1. The fourth-order valence-corrected chi connectivity index (χ4v) is 4.27. The Morgan fingerprint density at radius 2 is 2.19 bits per heavy atom. The Bertz CT molecular complexity index is 395. The van der Waals surface area contributed by atoms with Crippen LogP contribution >= 0.6 is 20.6 Å². The molecule has 0 aromatic rings. The number of hydrogen-bond donors (Lipinski definition) is 5. The van der Waals surface area contributed by atoms with Gasteiger partial charge in [0, 0.05) is 34.8 Å². The van der Waals surface area contributed by atoms with Crippen molar-refractivity contribution in [3.05, 3.63) is 0 Å². The van der Waals surface area contributed by atoms with Gasteiger partial charge in [0.25, 0.3) is 0 Å². The summed E-state index contributed by atoms with van der Waals surface area (Å²) in [6.07, 6.45) is -1.77. The highest BCUT2D eigenvalue weighted by atomic mass is 32.2. The number of carboxylic acid groups (broad SMARTS) is 1. The summed E-state index contributed by atoms with van der Waals surface area (Å²) in [5.41, 5.74) is 0. The lowest BCUT2D eigenvalue weighted by atomic mass is 10.1. The van der Waals surface area contributed by atoms with E-state index >= 15 is 0 Å². The van der Waals surface area contributed by atoms with Crippen molar-refractivity contribution in [2.45, 2.75) is 43.0 Å². The molecule has 11 heteroatoms. The van der Waals surface area contributed by atoms with Gasteiger partial charge < -0.3 is 39.7 Å². The minimum atomic E-state index is -0.833. The molecule has 0 bridgehead atoms. The molecule has 6 unspecified atom stereocenters. The van der Waals surface area contributed by atoms with Gasteiger partial charge in [-0.15, -0.1) is 0 Å². The Kier molecular flexibility index (Phi) is 13.0. The fraction of sp³-hybridized carbons (Fsp3) is 0.933. The van der Waals surface area contributed by atoms with Crippen molar-refractivity contribution in [3.63, 3.8) is 0 Å². The summed E-state index contributed by atoms with van der Waals surface area (Å²) < 4.78 is 16.1. The Labute approximate surface area is 159 Å². The number of nitrogens with one attached hydrogen (secondary N) is 1. The minimum absolute atomic E-state index is 0.0488. The van der Waals surface area contributed by atoms with Crippen LogP contribution in [-0.4, -0.2) is 102 Å². The summed E-state index contributed by atoms with van der Waals surface area (Å²) >= 11 is 1.57. The quantitative estimate of drug-likeness (QED) is 0.182. The van der Waals surface area contributed by atoms with Crippen LogP contribution < -0.4 is 5.32 Å². The van der Waals surface area contributed by atoms with Gasteiger partial charge in [0.1, 0.15) is 18.3 Å². The Morgan fingerprint density at radius 1 is 1.42 bits per heavy atom. The van der Waals surface area contributed by atoms with Crippen LogP contribution in [0.25, 0.3) is 0 Å². The van der Waals surface area contributed by atoms with Gasteiger partial charge in [0.15, 0.2) is 0 Å². The van der Waals surface area contributed by atoms with E-state index in [1.165, 1.54) is 7.11 Å². The Morgan fingerprint density at radius 3 is 2.85 bits per heavy atom. The molecule has 26 heavy (non-hydrogen) atoms. The number of aliphatic hydroxyl groups is 3. The molecule has 154 valence electrons. The predicted octanol–water partition coefficient (Wildman–Crippen LogP) is -0.762. The molecule has 0 amide bonds. The van der Waals surface area contributed by atoms with Crippen molar-refractivity contribution < 1.29 is 39.2 Å². The monoisotopic (exact) mass is 415 g/mol. The van der Waals surface area contributed by atoms with E-state index in [4.69, 9.17) is 19.1 Å². The molecule has 5 N–H and O–H groups in total. The van der Waals surface area contributed by atoms with Crippen LogP contribution in [0.15, 0.2) is 0 Å². The first kappa shape index (κ1) is 24.0. The molecule has 9 nitrogen and oxygen atoms in total. The smallest absolute Gasteiger partial charge is 0.304 e. The maximum absolute atomic E-state index is 10.4. The zero-order chi connectivity index (χ0) is 19.4. The molecule has 1 heterocycles. The molecule has 0 aliphatic carbocycles. The first-order chi connectivity index (χ1) is 12.5. The van der Waals surface area contributed by atoms with Gasteiger partial charge in [-0.1, -0.05) is 0 Å². The topological polar surface area (TPSA) is 138 Å². The Hall–Kier alpha value is -0.0300. The standard InChI is InChI=1S/C15H30NO8PS/c1-22-14-11(8-17)24-25-15(13(14)21)16-7-10(18)9-23-4-2-5-26-6-3-12(19)20/h10-11,13-18,21,25H,2-9H2,1H3,(H,19,20). The number of rotatable bonds is 14. The maximum atomic E-state index is 10.4. The third-order valence-electron chi connectivity index (χ3n) is 3.76. The maximum Gasteiger partial charge on any atom is 0.304 e. The van der Waals surface area contributed by atoms with Gasteiger partial charge >= 0.3 is 5.97 Å². The predicted molar refractivity (Wildman–Crippen MR) is 99.9 cm³/mol. The van der Waals surface area contributed by atoms with Crippen molar-refractivity contribution >= 4 is 26.5 Å². The lowest BCUT2D eigenvalue weighted by molar-refractivity contribution is -0.136. The van der Waals surface area contributed by atoms with Crippen LogP contribution in [-0.2, 0) is 18.8 Å². The highest BCUT2D eigenvalue weighted by molar-refractivity contribution is 7.99. The van der Waals surface area contributed by atoms with Crippen LogP contribution in [0.4, 0.5) is 0 Å². The third-order valence-corrected chi connectivity index (χ3v) is 6.07. The van der Waals surface area contributed by atoms with E-state index in [1.807, 2.05) is 0 Å². The molecule has 0 radical (unpaired) electrons. The third kappa shape index (κ3) is 9.25. The van der Waals surface area contributed by atoms with Crippen molar-refractivity contribution in [2.24, 2.45) is 0 Å². The molecule has 1 saturated heterocycles. The van der Waals surface area contributed by atoms with Gasteiger partial charge in [0.2, 0.25) is 0 Å². The van der Waals surface area contributed by atoms with Crippen LogP contribution in [0.3, 0.4) is 0 Å². The Balaban J connectivity index is 2.09. The highest BCUT2D eigenvalue weighted by Gasteiger charge is 2.39.